The maximum absolute atomic E-state index is 13.9. The molecule has 256 valence electrons. The monoisotopic (exact) mass is 926 g/mol. The number of benzene rings is 2. The van der Waals surface area contributed by atoms with Gasteiger partial charge in [-0.3, -0.25) is 54.1 Å². The van der Waals surface area contributed by atoms with Gasteiger partial charge in [0.05, 0.1) is 36.5 Å². The third-order valence-corrected chi connectivity index (χ3v) is 13.9. The second-order valence-electron chi connectivity index (χ2n) is 12.1. The highest BCUT2D eigenvalue weighted by atomic mass is 127. The Kier molecular flexibility index (Phi) is 13.1. The summed E-state index contributed by atoms with van der Waals surface area (Å²) in [6.45, 7) is 1.98. The minimum Gasteiger partial charge on any atom is -0.356 e. The van der Waals surface area contributed by atoms with Gasteiger partial charge >= 0.3 is 0 Å². The average molecular weight is 926 g/mol. The summed E-state index contributed by atoms with van der Waals surface area (Å²) < 4.78 is 0. The van der Waals surface area contributed by atoms with Crippen LogP contribution in [0.2, 0.25) is 0 Å². The third kappa shape index (κ3) is 8.81. The van der Waals surface area contributed by atoms with Crippen LogP contribution in [0.1, 0.15) is 26.2 Å². The van der Waals surface area contributed by atoms with Crippen molar-refractivity contribution in [2.24, 2.45) is 11.8 Å². The summed E-state index contributed by atoms with van der Waals surface area (Å²) >= 11 is 4.55. The van der Waals surface area contributed by atoms with Gasteiger partial charge in [-0.25, -0.2) is 0 Å². The number of amides is 6. The van der Waals surface area contributed by atoms with E-state index in [0.717, 1.165) is 21.8 Å². The van der Waals surface area contributed by atoms with Crippen LogP contribution in [0.15, 0.2) is 65.7 Å². The number of hydrogen-bond donors (Lipinski definition) is 3. The molecule has 3 fully saturated rings. The number of imide groups is 3. The summed E-state index contributed by atoms with van der Waals surface area (Å²) in [4.78, 5) is 82.2. The number of carbonyl (C=O) groups is 6. The molecule has 3 aliphatic rings. The topological polar surface area (TPSA) is 148 Å². The molecule has 0 aromatic heterocycles. The quantitative estimate of drug-likeness (QED) is 0.0496. The second kappa shape index (κ2) is 16.9. The van der Waals surface area contributed by atoms with Crippen molar-refractivity contribution < 1.29 is 28.8 Å². The first-order chi connectivity index (χ1) is 23.4. The molecule has 3 N–H and O–H groups in total. The molecule has 3 aliphatic heterocycles. The molecular formula is C31H36B2I2N6O6P2. The third-order valence-electron chi connectivity index (χ3n) is 8.86. The number of nitrogens with zero attached hydrogens (tertiary/aromatic N) is 3. The van der Waals surface area contributed by atoms with Gasteiger partial charge in [0, 0.05) is 37.3 Å². The maximum atomic E-state index is 13.9. The zero-order valence-corrected chi connectivity index (χ0v) is 33.4. The van der Waals surface area contributed by atoms with Gasteiger partial charge in [-0.15, -0.1) is 0 Å². The largest absolute Gasteiger partial charge is 0.356 e. The van der Waals surface area contributed by atoms with Crippen molar-refractivity contribution in [3.05, 3.63) is 65.7 Å². The minimum atomic E-state index is -0.724. The molecule has 12 nitrogen and oxygen atoms in total. The molecule has 5 atom stereocenters. The molecule has 5 unspecified atom stereocenters. The van der Waals surface area contributed by atoms with Crippen LogP contribution in [-0.2, 0) is 28.8 Å². The lowest BCUT2D eigenvalue weighted by atomic mass is 9.87. The van der Waals surface area contributed by atoms with E-state index in [2.05, 4.69) is 67.6 Å². The predicted molar refractivity (Wildman–Crippen MR) is 214 cm³/mol. The van der Waals surface area contributed by atoms with Crippen molar-refractivity contribution >= 4 is 123 Å². The van der Waals surface area contributed by atoms with Crippen LogP contribution in [-0.4, -0.2) is 92.2 Å². The fraction of sp³-hybridized carbons (Fsp3) is 0.355. The van der Waals surface area contributed by atoms with Gasteiger partial charge in [0.1, 0.15) is 15.1 Å². The molecule has 5 rings (SSSR count). The molecule has 0 saturated carbocycles. The summed E-state index contributed by atoms with van der Waals surface area (Å²) in [5, 5.41) is 9.30. The fourth-order valence-corrected chi connectivity index (χ4v) is 10.4. The molecule has 3 heterocycles. The van der Waals surface area contributed by atoms with Gasteiger partial charge < -0.3 is 5.32 Å². The summed E-state index contributed by atoms with van der Waals surface area (Å²) in [7, 11) is 4.04. The van der Waals surface area contributed by atoms with Crippen LogP contribution in [0.4, 0.5) is 17.1 Å². The smallest absolute Gasteiger partial charge is 0.241 e. The van der Waals surface area contributed by atoms with Crippen molar-refractivity contribution in [2.45, 2.75) is 31.8 Å². The Morgan fingerprint density at radius 1 is 0.755 bits per heavy atom. The highest BCUT2D eigenvalue weighted by Gasteiger charge is 2.45. The number of anilines is 3. The van der Waals surface area contributed by atoms with E-state index in [0.29, 0.717) is 17.4 Å². The Balaban J connectivity index is 1.22. The molecule has 3 saturated heterocycles. The Labute approximate surface area is 315 Å². The first-order valence-electron chi connectivity index (χ1n) is 15.7. The Hall–Kier alpha value is -2.23. The number of rotatable bonds is 14. The second-order valence-corrected chi connectivity index (χ2v) is 24.9. The van der Waals surface area contributed by atoms with Crippen LogP contribution in [0.3, 0.4) is 0 Å². The lowest BCUT2D eigenvalue weighted by molar-refractivity contribution is -0.140. The van der Waals surface area contributed by atoms with E-state index in [1.165, 1.54) is 9.80 Å². The molecule has 6 amide bonds. The minimum absolute atomic E-state index is 0.00166. The summed E-state index contributed by atoms with van der Waals surface area (Å²) in [6, 6.07) is 16.8. The highest BCUT2D eigenvalue weighted by Crippen LogP contribution is 2.49. The van der Waals surface area contributed by atoms with Crippen LogP contribution >= 0.6 is 55.0 Å². The zero-order chi connectivity index (χ0) is 35.4. The van der Waals surface area contributed by atoms with Crippen LogP contribution in [0.5, 0.6) is 0 Å². The lowest BCUT2D eigenvalue weighted by Crippen LogP contribution is -2.46. The van der Waals surface area contributed by atoms with Gasteiger partial charge in [0.2, 0.25) is 35.4 Å². The highest BCUT2D eigenvalue weighted by molar-refractivity contribution is 14.2. The van der Waals surface area contributed by atoms with E-state index in [-0.39, 0.29) is 80.4 Å². The molecule has 0 aliphatic carbocycles. The molecule has 18 heteroatoms. The van der Waals surface area contributed by atoms with E-state index in [4.69, 9.17) is 0 Å². The van der Waals surface area contributed by atoms with Crippen LogP contribution in [0.25, 0.3) is 0 Å². The van der Waals surface area contributed by atoms with Crippen molar-refractivity contribution in [1.29, 1.82) is 0 Å². The van der Waals surface area contributed by atoms with Crippen LogP contribution in [0, 0.1) is 11.8 Å². The first-order valence-corrected chi connectivity index (χ1v) is 25.1. The van der Waals surface area contributed by atoms with Gasteiger partial charge in [-0.2, -0.15) is 0 Å². The van der Waals surface area contributed by atoms with Crippen LogP contribution < -0.4 is 20.9 Å². The van der Waals surface area contributed by atoms with Gasteiger partial charge in [0.15, 0.2) is 0 Å². The average Bonchev–Trinajstić information content (AvgIpc) is 3.64. The van der Waals surface area contributed by atoms with Gasteiger partial charge in [-0.1, -0.05) is 84.3 Å². The summed E-state index contributed by atoms with van der Waals surface area (Å²) in [6.07, 6.45) is 0.768. The van der Waals surface area contributed by atoms with E-state index in [9.17, 15) is 28.8 Å². The number of halogens is 2. The van der Waals surface area contributed by atoms with E-state index in [1.54, 1.807) is 19.1 Å². The molecule has 2 aromatic rings. The molecule has 2 aromatic carbocycles. The summed E-state index contributed by atoms with van der Waals surface area (Å²) in [5.41, 5.74) is 2.24. The fourth-order valence-electron chi connectivity index (χ4n) is 6.25. The maximum Gasteiger partial charge on any atom is 0.241 e. The van der Waals surface area contributed by atoms with E-state index in [1.807, 2.05) is 50.0 Å². The number of hydrogen-bond acceptors (Lipinski definition) is 9. The zero-order valence-electron chi connectivity index (χ0n) is 27.3. The van der Waals surface area contributed by atoms with Crippen molar-refractivity contribution in [3.8, 4) is 0 Å². The predicted octanol–water partition coefficient (Wildman–Crippen LogP) is 2.94. The number of nitrogens with one attached hydrogen (secondary N) is 3. The molecule has 0 bridgehead atoms. The molecular weight excluding hydrogens is 890 g/mol. The summed E-state index contributed by atoms with van der Waals surface area (Å²) in [5.74, 6) is -3.13. The van der Waals surface area contributed by atoms with Crippen molar-refractivity contribution in [1.82, 2.24) is 20.4 Å². The van der Waals surface area contributed by atoms with Gasteiger partial charge in [-0.05, 0) is 49.5 Å². The molecule has 49 heavy (non-hydrogen) atoms. The van der Waals surface area contributed by atoms with Crippen molar-refractivity contribution in [2.75, 3.05) is 36.4 Å². The van der Waals surface area contributed by atoms with Crippen molar-refractivity contribution in [3.63, 3.8) is 0 Å². The Morgan fingerprint density at radius 3 is 1.92 bits per heavy atom. The Morgan fingerprint density at radius 2 is 1.33 bits per heavy atom. The molecule has 0 radical (unpaired) electrons. The van der Waals surface area contributed by atoms with E-state index >= 15 is 0 Å². The number of para-hydroxylation sites is 1. The standard InChI is InChI=1S/C31H36B2I2N6O6P2/c1-18(22-11-26(42)39(29(22)45)16-36-15-37-17-40-27(43)13-25(31(40)47)49(33)35)24(14-48(32)34)23-12-28(44)41(30(23)46)21-9-7-20(8-10-21)38-19-5-3-2-4-6-19/h2-10,22-23,25,36-38H,11-17,32-33H2,1H3/b24-18-. The lowest BCUT2D eigenvalue weighted by Gasteiger charge is -2.23. The van der Waals surface area contributed by atoms with Gasteiger partial charge in [0.25, 0.3) is 0 Å². The number of carbonyl (C=O) groups excluding carboxylic acids is 6. The SMILES string of the molecule is BP(I)C/C(=C(\C)C1CC(=O)N(CNCNCN2C(=O)CC(P(B)I)C2=O)C1=O)C1CC(=O)N(c2ccc(Nc3ccccc3)cc2)C1=O. The Bertz CT molecular complexity index is 1670. The first kappa shape index (κ1) is 38.0. The normalized spacial score (nSPS) is 23.1. The van der Waals surface area contributed by atoms with E-state index < -0.39 is 22.7 Å². The number of likely N-dealkylation sites (tertiary alicyclic amines) is 2. The molecule has 0 spiro atoms.